The molecule has 0 bridgehead atoms. The smallest absolute Gasteiger partial charge is 0.361 e. The maximum Gasteiger partial charge on any atom is 0.416 e. The van der Waals surface area contributed by atoms with Gasteiger partial charge >= 0.3 is 6.18 Å². The molecular weight excluding hydrogens is 349 g/mol. The molecule has 1 aromatic carbocycles. The molecule has 0 saturated heterocycles. The number of thiocarbonyl (C=S) groups is 1. The maximum absolute atomic E-state index is 12.7. The Kier molecular flexibility index (Phi) is 6.33. The highest BCUT2D eigenvalue weighted by molar-refractivity contribution is 7.80. The molecule has 0 amide bonds. The third kappa shape index (κ3) is 5.68. The topological polar surface area (TPSA) is 40.2 Å². The van der Waals surface area contributed by atoms with Gasteiger partial charge in [-0.05, 0) is 56.1 Å². The quantitative estimate of drug-likeness (QED) is 0.788. The van der Waals surface area contributed by atoms with Crippen LogP contribution in [0.4, 0.5) is 18.9 Å². The summed E-state index contributed by atoms with van der Waals surface area (Å²) in [5.74, 6) is 0. The first-order valence-corrected chi connectivity index (χ1v) is 7.96. The standard InChI is InChI=1S/C17H19F3N4S/c1-24(2)15(12-5-4-8-21-10-12)11-22-16(25)23-14-7-3-6-13(9-14)17(18,19)20/h3-10,15H,11H2,1-2H3,(H2,22,23,25)/t15-/m0/s1. The van der Waals surface area contributed by atoms with Gasteiger partial charge in [-0.3, -0.25) is 4.98 Å². The van der Waals surface area contributed by atoms with Crippen LogP contribution in [0.2, 0.25) is 0 Å². The fraction of sp³-hybridized carbons (Fsp3) is 0.294. The first-order valence-electron chi connectivity index (χ1n) is 7.56. The molecule has 0 radical (unpaired) electrons. The van der Waals surface area contributed by atoms with Gasteiger partial charge in [0.15, 0.2) is 5.11 Å². The fourth-order valence-electron chi connectivity index (χ4n) is 2.31. The van der Waals surface area contributed by atoms with Crippen molar-refractivity contribution in [3.8, 4) is 0 Å². The second-order valence-electron chi connectivity index (χ2n) is 5.68. The minimum atomic E-state index is -4.39. The fourth-order valence-corrected chi connectivity index (χ4v) is 2.51. The van der Waals surface area contributed by atoms with Crippen molar-refractivity contribution < 1.29 is 13.2 Å². The van der Waals surface area contributed by atoms with E-state index in [0.717, 1.165) is 17.7 Å². The van der Waals surface area contributed by atoms with E-state index in [2.05, 4.69) is 15.6 Å². The Labute approximate surface area is 150 Å². The summed E-state index contributed by atoms with van der Waals surface area (Å²) in [7, 11) is 3.87. The first-order chi connectivity index (χ1) is 11.8. The van der Waals surface area contributed by atoms with Crippen LogP contribution >= 0.6 is 12.2 Å². The van der Waals surface area contributed by atoms with E-state index in [-0.39, 0.29) is 16.8 Å². The van der Waals surface area contributed by atoms with Crippen LogP contribution in [0.5, 0.6) is 0 Å². The zero-order valence-electron chi connectivity index (χ0n) is 13.8. The summed E-state index contributed by atoms with van der Waals surface area (Å²) in [6, 6.07) is 8.76. The van der Waals surface area contributed by atoms with Gasteiger partial charge in [0.2, 0.25) is 0 Å². The van der Waals surface area contributed by atoms with Crippen LogP contribution in [-0.2, 0) is 6.18 Å². The molecule has 25 heavy (non-hydrogen) atoms. The Morgan fingerprint density at radius 2 is 2.00 bits per heavy atom. The van der Waals surface area contributed by atoms with Gasteiger partial charge in [0.1, 0.15) is 0 Å². The Balaban J connectivity index is 1.98. The van der Waals surface area contributed by atoms with E-state index in [4.69, 9.17) is 12.2 Å². The lowest BCUT2D eigenvalue weighted by atomic mass is 10.1. The number of hydrogen-bond donors (Lipinski definition) is 2. The molecule has 2 N–H and O–H groups in total. The lowest BCUT2D eigenvalue weighted by Crippen LogP contribution is -2.36. The van der Waals surface area contributed by atoms with E-state index >= 15 is 0 Å². The first kappa shape index (κ1) is 19.1. The Morgan fingerprint density at radius 3 is 2.60 bits per heavy atom. The molecule has 0 aliphatic carbocycles. The second-order valence-corrected chi connectivity index (χ2v) is 6.09. The highest BCUT2D eigenvalue weighted by Gasteiger charge is 2.30. The number of aromatic nitrogens is 1. The molecule has 0 spiro atoms. The van der Waals surface area contributed by atoms with Gasteiger partial charge in [-0.1, -0.05) is 12.1 Å². The molecule has 1 atom stereocenters. The van der Waals surface area contributed by atoms with Gasteiger partial charge in [-0.2, -0.15) is 13.2 Å². The van der Waals surface area contributed by atoms with Crippen LogP contribution in [0.15, 0.2) is 48.8 Å². The molecule has 0 unspecified atom stereocenters. The van der Waals surface area contributed by atoms with Crippen molar-refractivity contribution in [1.82, 2.24) is 15.2 Å². The molecule has 134 valence electrons. The van der Waals surface area contributed by atoms with E-state index in [1.165, 1.54) is 12.1 Å². The minimum absolute atomic E-state index is 0.0231. The van der Waals surface area contributed by atoms with E-state index < -0.39 is 11.7 Å². The number of nitrogens with one attached hydrogen (secondary N) is 2. The number of hydrogen-bond acceptors (Lipinski definition) is 3. The number of nitrogens with zero attached hydrogens (tertiary/aromatic N) is 2. The van der Waals surface area contributed by atoms with E-state index in [1.807, 2.05) is 31.1 Å². The Hall–Kier alpha value is -2.19. The maximum atomic E-state index is 12.7. The van der Waals surface area contributed by atoms with Gasteiger partial charge in [0.25, 0.3) is 0 Å². The van der Waals surface area contributed by atoms with Crippen LogP contribution in [0, 0.1) is 0 Å². The number of likely N-dealkylation sites (N-methyl/N-ethyl adjacent to an activating group) is 1. The van der Waals surface area contributed by atoms with Crippen LogP contribution < -0.4 is 10.6 Å². The van der Waals surface area contributed by atoms with E-state index in [1.54, 1.807) is 12.4 Å². The molecule has 0 aliphatic rings. The average molecular weight is 368 g/mol. The van der Waals surface area contributed by atoms with Gasteiger partial charge in [0.05, 0.1) is 11.6 Å². The number of benzene rings is 1. The van der Waals surface area contributed by atoms with Crippen LogP contribution in [0.3, 0.4) is 0 Å². The van der Waals surface area contributed by atoms with Crippen molar-refractivity contribution in [2.24, 2.45) is 0 Å². The van der Waals surface area contributed by atoms with Gasteiger partial charge in [-0.15, -0.1) is 0 Å². The normalized spacial score (nSPS) is 12.7. The van der Waals surface area contributed by atoms with Crippen LogP contribution in [0.1, 0.15) is 17.2 Å². The van der Waals surface area contributed by atoms with Gasteiger partial charge < -0.3 is 15.5 Å². The molecule has 0 fully saturated rings. The van der Waals surface area contributed by atoms with Crippen LogP contribution in [0.25, 0.3) is 0 Å². The van der Waals surface area contributed by atoms with Gasteiger partial charge in [-0.25, -0.2) is 0 Å². The van der Waals surface area contributed by atoms with E-state index in [0.29, 0.717) is 6.54 Å². The molecule has 2 rings (SSSR count). The van der Waals surface area contributed by atoms with Crippen molar-refractivity contribution in [1.29, 1.82) is 0 Å². The zero-order chi connectivity index (χ0) is 18.4. The molecule has 0 aliphatic heterocycles. The Morgan fingerprint density at radius 1 is 1.24 bits per heavy atom. The van der Waals surface area contributed by atoms with Crippen LogP contribution in [-0.4, -0.2) is 35.6 Å². The molecule has 4 nitrogen and oxygen atoms in total. The van der Waals surface area contributed by atoms with E-state index in [9.17, 15) is 13.2 Å². The summed E-state index contributed by atoms with van der Waals surface area (Å²) < 4.78 is 38.2. The molecular formula is C17H19F3N4S. The minimum Gasteiger partial charge on any atom is -0.361 e. The van der Waals surface area contributed by atoms with Gasteiger partial charge in [0, 0.05) is 24.6 Å². The molecule has 1 heterocycles. The number of anilines is 1. The second kappa shape index (κ2) is 8.26. The number of rotatable bonds is 5. The Bertz CT molecular complexity index is 705. The summed E-state index contributed by atoms with van der Waals surface area (Å²) >= 11 is 5.19. The zero-order valence-corrected chi connectivity index (χ0v) is 14.7. The highest BCUT2D eigenvalue weighted by atomic mass is 32.1. The number of halogens is 3. The molecule has 0 saturated carbocycles. The average Bonchev–Trinajstić information content (AvgIpc) is 2.55. The monoisotopic (exact) mass is 368 g/mol. The predicted octanol–water partition coefficient (Wildman–Crippen LogP) is 3.69. The van der Waals surface area contributed by atoms with Crippen molar-refractivity contribution in [3.63, 3.8) is 0 Å². The summed E-state index contributed by atoms with van der Waals surface area (Å²) in [6.45, 7) is 0.490. The SMILES string of the molecule is CN(C)[C@@H](CNC(=S)Nc1cccc(C(F)(F)F)c1)c1cccnc1. The molecule has 8 heteroatoms. The number of alkyl halides is 3. The van der Waals surface area contributed by atoms with Crippen molar-refractivity contribution >= 4 is 23.0 Å². The number of pyridine rings is 1. The third-order valence-corrected chi connectivity index (χ3v) is 3.84. The van der Waals surface area contributed by atoms with Crippen molar-refractivity contribution in [3.05, 3.63) is 59.9 Å². The molecule has 1 aromatic heterocycles. The third-order valence-electron chi connectivity index (χ3n) is 3.60. The summed E-state index contributed by atoms with van der Waals surface area (Å²) in [5, 5.41) is 6.08. The summed E-state index contributed by atoms with van der Waals surface area (Å²) in [5.41, 5.74) is 0.582. The lowest BCUT2D eigenvalue weighted by Gasteiger charge is -2.25. The highest BCUT2D eigenvalue weighted by Crippen LogP contribution is 2.30. The van der Waals surface area contributed by atoms with Crippen molar-refractivity contribution in [2.45, 2.75) is 12.2 Å². The summed E-state index contributed by atoms with van der Waals surface area (Å²) in [4.78, 5) is 6.12. The largest absolute Gasteiger partial charge is 0.416 e. The molecule has 2 aromatic rings. The summed E-state index contributed by atoms with van der Waals surface area (Å²) in [6.07, 6.45) is -0.915. The van der Waals surface area contributed by atoms with Crippen molar-refractivity contribution in [2.75, 3.05) is 26.0 Å². The predicted molar refractivity (Wildman–Crippen MR) is 96.3 cm³/mol. The lowest BCUT2D eigenvalue weighted by molar-refractivity contribution is -0.137.